The molecule has 0 fully saturated rings. The lowest BCUT2D eigenvalue weighted by Gasteiger charge is -2.01. The van der Waals surface area contributed by atoms with Crippen molar-refractivity contribution in [2.75, 3.05) is 0 Å². The van der Waals surface area contributed by atoms with E-state index in [0.717, 1.165) is 19.3 Å². The summed E-state index contributed by atoms with van der Waals surface area (Å²) >= 11 is 0. The molecule has 0 bridgehead atoms. The predicted octanol–water partition coefficient (Wildman–Crippen LogP) is 4.86. The van der Waals surface area contributed by atoms with Crippen molar-refractivity contribution in [2.24, 2.45) is 5.10 Å². The van der Waals surface area contributed by atoms with E-state index in [-0.39, 0.29) is 5.91 Å². The van der Waals surface area contributed by atoms with Crippen LogP contribution in [0.3, 0.4) is 0 Å². The van der Waals surface area contributed by atoms with Crippen molar-refractivity contribution in [1.82, 2.24) is 5.43 Å². The molecule has 0 aliphatic rings. The van der Waals surface area contributed by atoms with Gasteiger partial charge in [-0.05, 0) is 12.0 Å². The van der Waals surface area contributed by atoms with Crippen molar-refractivity contribution in [3.8, 4) is 0 Å². The van der Waals surface area contributed by atoms with E-state index in [0.29, 0.717) is 6.42 Å². The number of carbonyl (C=O) groups is 1. The third-order valence-electron chi connectivity index (χ3n) is 3.71. The zero-order chi connectivity index (χ0) is 15.9. The molecule has 0 spiro atoms. The number of hydrazone groups is 1. The predicted molar refractivity (Wildman–Crippen MR) is 94.0 cm³/mol. The van der Waals surface area contributed by atoms with Crippen molar-refractivity contribution in [3.05, 3.63) is 35.9 Å². The van der Waals surface area contributed by atoms with Gasteiger partial charge in [0.25, 0.3) is 0 Å². The number of rotatable bonds is 12. The van der Waals surface area contributed by atoms with Crippen molar-refractivity contribution < 1.29 is 4.79 Å². The highest BCUT2D eigenvalue weighted by molar-refractivity contribution is 5.76. The Balaban J connectivity index is 1.95. The van der Waals surface area contributed by atoms with Crippen molar-refractivity contribution in [3.63, 3.8) is 0 Å². The molecular weight excluding hydrogens is 272 g/mol. The summed E-state index contributed by atoms with van der Waals surface area (Å²) in [6, 6.07) is 10.1. The first kappa shape index (κ1) is 18.4. The first-order valence-electron chi connectivity index (χ1n) is 8.67. The van der Waals surface area contributed by atoms with Gasteiger partial charge in [0.2, 0.25) is 5.91 Å². The summed E-state index contributed by atoms with van der Waals surface area (Å²) in [5.41, 5.74) is 3.80. The highest BCUT2D eigenvalue weighted by Gasteiger charge is 1.99. The topological polar surface area (TPSA) is 41.5 Å². The Morgan fingerprint density at radius 1 is 1.00 bits per heavy atom. The van der Waals surface area contributed by atoms with E-state index < -0.39 is 0 Å². The number of benzene rings is 1. The molecule has 0 atom stereocenters. The van der Waals surface area contributed by atoms with Crippen LogP contribution in [-0.4, -0.2) is 12.1 Å². The largest absolute Gasteiger partial charge is 0.273 e. The maximum Gasteiger partial charge on any atom is 0.240 e. The summed E-state index contributed by atoms with van der Waals surface area (Å²) in [5, 5.41) is 3.99. The monoisotopic (exact) mass is 302 g/mol. The van der Waals surface area contributed by atoms with Crippen LogP contribution >= 0.6 is 0 Å². The van der Waals surface area contributed by atoms with Crippen LogP contribution in [0.4, 0.5) is 0 Å². The Labute approximate surface area is 135 Å². The van der Waals surface area contributed by atoms with E-state index in [1.165, 1.54) is 44.1 Å². The van der Waals surface area contributed by atoms with Gasteiger partial charge in [0.05, 0.1) is 0 Å². The summed E-state index contributed by atoms with van der Waals surface area (Å²) in [5.74, 6) is 0.0234. The van der Waals surface area contributed by atoms with Gasteiger partial charge in [0, 0.05) is 19.1 Å². The fourth-order valence-electron chi connectivity index (χ4n) is 2.36. The standard InChI is InChI=1S/C19H30N2O/c1-2-3-4-5-6-7-8-12-15-19(22)21-20-17-16-18-13-10-9-11-14-18/h9-11,13-14,17H,2-8,12,15-16H2,1H3,(H,21,22). The molecule has 1 aromatic carbocycles. The molecule has 0 radical (unpaired) electrons. The molecule has 1 rings (SSSR count). The lowest BCUT2D eigenvalue weighted by atomic mass is 10.1. The van der Waals surface area contributed by atoms with E-state index in [1.54, 1.807) is 6.21 Å². The number of unbranched alkanes of at least 4 members (excludes halogenated alkanes) is 7. The highest BCUT2D eigenvalue weighted by atomic mass is 16.2. The van der Waals surface area contributed by atoms with Crippen molar-refractivity contribution in [1.29, 1.82) is 0 Å². The second-order valence-corrected chi connectivity index (χ2v) is 5.76. The molecular formula is C19H30N2O. The Bertz CT molecular complexity index is 415. The van der Waals surface area contributed by atoms with Crippen LogP contribution in [0.5, 0.6) is 0 Å². The van der Waals surface area contributed by atoms with Gasteiger partial charge in [-0.15, -0.1) is 0 Å². The first-order valence-corrected chi connectivity index (χ1v) is 8.67. The smallest absolute Gasteiger partial charge is 0.240 e. The molecule has 3 nitrogen and oxygen atoms in total. The van der Waals surface area contributed by atoms with Crippen LogP contribution in [0, 0.1) is 0 Å². The van der Waals surface area contributed by atoms with Gasteiger partial charge in [0.1, 0.15) is 0 Å². The SMILES string of the molecule is CCCCCCCCCCC(=O)NN=CCc1ccccc1. The molecule has 0 saturated carbocycles. The molecule has 1 amide bonds. The summed E-state index contributed by atoms with van der Waals surface area (Å²) in [4.78, 5) is 11.6. The molecule has 0 saturated heterocycles. The van der Waals surface area contributed by atoms with Gasteiger partial charge < -0.3 is 0 Å². The van der Waals surface area contributed by atoms with Gasteiger partial charge in [0.15, 0.2) is 0 Å². The lowest BCUT2D eigenvalue weighted by Crippen LogP contribution is -2.17. The average molecular weight is 302 g/mol. The molecule has 3 heteroatoms. The summed E-state index contributed by atoms with van der Waals surface area (Å²) in [7, 11) is 0. The second-order valence-electron chi connectivity index (χ2n) is 5.76. The third kappa shape index (κ3) is 10.1. The van der Waals surface area contributed by atoms with Crippen LogP contribution in [0.1, 0.15) is 70.3 Å². The summed E-state index contributed by atoms with van der Waals surface area (Å²) < 4.78 is 0. The van der Waals surface area contributed by atoms with Crippen LogP contribution in [0.2, 0.25) is 0 Å². The molecule has 0 aliphatic heterocycles. The molecule has 22 heavy (non-hydrogen) atoms. The van der Waals surface area contributed by atoms with E-state index >= 15 is 0 Å². The van der Waals surface area contributed by atoms with Gasteiger partial charge in [-0.3, -0.25) is 4.79 Å². The average Bonchev–Trinajstić information content (AvgIpc) is 2.55. The van der Waals surface area contributed by atoms with Crippen molar-refractivity contribution in [2.45, 2.75) is 71.1 Å². The molecule has 0 unspecified atom stereocenters. The molecule has 0 heterocycles. The maximum absolute atomic E-state index is 11.6. The fourth-order valence-corrected chi connectivity index (χ4v) is 2.36. The second kappa shape index (κ2) is 13.1. The van der Waals surface area contributed by atoms with E-state index in [2.05, 4.69) is 17.5 Å². The van der Waals surface area contributed by atoms with Crippen LogP contribution in [0.25, 0.3) is 0 Å². The maximum atomic E-state index is 11.6. The third-order valence-corrected chi connectivity index (χ3v) is 3.71. The summed E-state index contributed by atoms with van der Waals surface area (Å²) in [6.45, 7) is 2.24. The normalized spacial score (nSPS) is 11.0. The molecule has 122 valence electrons. The molecule has 1 N–H and O–H groups in total. The van der Waals surface area contributed by atoms with Crippen LogP contribution in [0.15, 0.2) is 35.4 Å². The number of hydrogen-bond acceptors (Lipinski definition) is 2. The lowest BCUT2D eigenvalue weighted by molar-refractivity contribution is -0.121. The van der Waals surface area contributed by atoms with Gasteiger partial charge in [-0.25, -0.2) is 5.43 Å². The minimum Gasteiger partial charge on any atom is -0.273 e. The Morgan fingerprint density at radius 2 is 1.64 bits per heavy atom. The fraction of sp³-hybridized carbons (Fsp3) is 0.579. The number of carbonyl (C=O) groups excluding carboxylic acids is 1. The zero-order valence-corrected chi connectivity index (χ0v) is 13.9. The minimum absolute atomic E-state index is 0.0234. The van der Waals surface area contributed by atoms with Gasteiger partial charge in [-0.1, -0.05) is 82.2 Å². The summed E-state index contributed by atoms with van der Waals surface area (Å²) in [6.07, 6.45) is 13.1. The van der Waals surface area contributed by atoms with Crippen LogP contribution in [-0.2, 0) is 11.2 Å². The Morgan fingerprint density at radius 3 is 2.32 bits per heavy atom. The molecule has 0 aliphatic carbocycles. The van der Waals surface area contributed by atoms with Gasteiger partial charge in [-0.2, -0.15) is 5.10 Å². The molecule has 0 aromatic heterocycles. The number of nitrogens with zero attached hydrogens (tertiary/aromatic N) is 1. The zero-order valence-electron chi connectivity index (χ0n) is 13.9. The highest BCUT2D eigenvalue weighted by Crippen LogP contribution is 2.09. The quantitative estimate of drug-likeness (QED) is 0.334. The number of hydrogen-bond donors (Lipinski definition) is 1. The number of amides is 1. The van der Waals surface area contributed by atoms with Crippen LogP contribution < -0.4 is 5.43 Å². The van der Waals surface area contributed by atoms with E-state index in [9.17, 15) is 4.79 Å². The minimum atomic E-state index is 0.0234. The van der Waals surface area contributed by atoms with E-state index in [4.69, 9.17) is 0 Å². The van der Waals surface area contributed by atoms with E-state index in [1.807, 2.05) is 30.3 Å². The van der Waals surface area contributed by atoms with Gasteiger partial charge >= 0.3 is 0 Å². The first-order chi connectivity index (χ1) is 10.8. The Kier molecular flexibility index (Phi) is 10.9. The van der Waals surface area contributed by atoms with Crippen molar-refractivity contribution >= 4 is 12.1 Å². The Hall–Kier alpha value is -1.64. The number of nitrogens with one attached hydrogen (secondary N) is 1. The molecule has 1 aromatic rings.